The maximum Gasteiger partial charge on any atom is 0.224 e. The Morgan fingerprint density at radius 2 is 2.40 bits per heavy atom. The number of hydrogen-bond donors (Lipinski definition) is 2. The monoisotopic (exact) mass is 139 g/mol. The zero-order valence-corrected chi connectivity index (χ0v) is 5.72. The molecular formula is C6H9N3O. The molecule has 0 aromatic carbocycles. The summed E-state index contributed by atoms with van der Waals surface area (Å²) in [6, 6.07) is 0. The number of ketones is 1. The smallest absolute Gasteiger partial charge is 0.224 e. The predicted octanol–water partition coefficient (Wildman–Crippen LogP) is -0.986. The fourth-order valence-electron chi connectivity index (χ4n) is 0.346. The van der Waals surface area contributed by atoms with Crippen molar-refractivity contribution >= 4 is 11.7 Å². The van der Waals surface area contributed by atoms with E-state index in [-0.39, 0.29) is 18.3 Å². The number of Topliss-reactive ketones (excluding diaryl/α,β-unsaturated/α-hetero) is 1. The molecule has 0 spiro atoms. The van der Waals surface area contributed by atoms with Gasteiger partial charge in [0.25, 0.3) is 0 Å². The van der Waals surface area contributed by atoms with Crippen molar-refractivity contribution in [3.05, 3.63) is 0 Å². The molecular weight excluding hydrogens is 130 g/mol. The SMILES string of the molecule is C#CC(=O)CN(C)C(=N)N. The first-order valence-corrected chi connectivity index (χ1v) is 2.62. The molecule has 4 heteroatoms. The van der Waals surface area contributed by atoms with E-state index in [2.05, 4.69) is 0 Å². The van der Waals surface area contributed by atoms with Crippen molar-refractivity contribution in [3.63, 3.8) is 0 Å². The Morgan fingerprint density at radius 3 is 2.70 bits per heavy atom. The fraction of sp³-hybridized carbons (Fsp3) is 0.333. The van der Waals surface area contributed by atoms with Crippen LogP contribution in [0.4, 0.5) is 0 Å². The molecule has 0 aliphatic heterocycles. The van der Waals surface area contributed by atoms with Crippen LogP contribution in [-0.4, -0.2) is 30.2 Å². The Bertz CT molecular complexity index is 192. The first-order chi connectivity index (χ1) is 4.57. The zero-order valence-electron chi connectivity index (χ0n) is 5.72. The molecule has 0 heterocycles. The second kappa shape index (κ2) is 3.51. The molecule has 0 aliphatic carbocycles. The van der Waals surface area contributed by atoms with Crippen LogP contribution in [0.15, 0.2) is 0 Å². The molecule has 54 valence electrons. The van der Waals surface area contributed by atoms with Crippen LogP contribution in [0.5, 0.6) is 0 Å². The van der Waals surface area contributed by atoms with Gasteiger partial charge in [-0.25, -0.2) is 0 Å². The van der Waals surface area contributed by atoms with Gasteiger partial charge in [0.2, 0.25) is 5.78 Å². The van der Waals surface area contributed by atoms with Gasteiger partial charge in [-0.2, -0.15) is 0 Å². The largest absolute Gasteiger partial charge is 0.370 e. The molecule has 10 heavy (non-hydrogen) atoms. The second-order valence-corrected chi connectivity index (χ2v) is 1.81. The van der Waals surface area contributed by atoms with Crippen LogP contribution in [0, 0.1) is 17.8 Å². The number of nitrogens with one attached hydrogen (secondary N) is 1. The average Bonchev–Trinajstić information content (AvgIpc) is 1.87. The number of likely N-dealkylation sites (N-methyl/N-ethyl adjacent to an activating group) is 1. The lowest BCUT2D eigenvalue weighted by Gasteiger charge is -2.12. The summed E-state index contributed by atoms with van der Waals surface area (Å²) in [5, 5.41) is 6.85. The highest BCUT2D eigenvalue weighted by Crippen LogP contribution is 1.79. The molecule has 0 amide bonds. The topological polar surface area (TPSA) is 70.2 Å². The number of nitrogens with two attached hydrogens (primary N) is 1. The van der Waals surface area contributed by atoms with Crippen molar-refractivity contribution in [2.45, 2.75) is 0 Å². The van der Waals surface area contributed by atoms with Crippen molar-refractivity contribution < 1.29 is 4.79 Å². The Morgan fingerprint density at radius 1 is 1.90 bits per heavy atom. The highest BCUT2D eigenvalue weighted by atomic mass is 16.1. The van der Waals surface area contributed by atoms with Crippen LogP contribution in [0.1, 0.15) is 0 Å². The number of nitrogens with zero attached hydrogens (tertiary/aromatic N) is 1. The van der Waals surface area contributed by atoms with E-state index < -0.39 is 0 Å². The van der Waals surface area contributed by atoms with Crippen molar-refractivity contribution in [2.75, 3.05) is 13.6 Å². The van der Waals surface area contributed by atoms with Gasteiger partial charge >= 0.3 is 0 Å². The zero-order chi connectivity index (χ0) is 8.15. The standard InChI is InChI=1S/C6H9N3O/c1-3-5(10)4-9(2)6(7)8/h1H,4H2,2H3,(H3,7,8). The summed E-state index contributed by atoms with van der Waals surface area (Å²) in [4.78, 5) is 11.8. The molecule has 0 aliphatic rings. The quantitative estimate of drug-likeness (QED) is 0.223. The van der Waals surface area contributed by atoms with E-state index in [1.807, 2.05) is 5.92 Å². The highest BCUT2D eigenvalue weighted by molar-refractivity contribution is 5.98. The van der Waals surface area contributed by atoms with E-state index in [1.165, 1.54) is 11.9 Å². The minimum absolute atomic E-state index is 0.00579. The molecule has 0 saturated carbocycles. The average molecular weight is 139 g/mol. The van der Waals surface area contributed by atoms with Crippen molar-refractivity contribution in [2.24, 2.45) is 5.73 Å². The van der Waals surface area contributed by atoms with Gasteiger partial charge < -0.3 is 10.6 Å². The Balaban J connectivity index is 3.82. The molecule has 0 fully saturated rings. The molecule has 0 atom stereocenters. The van der Waals surface area contributed by atoms with Gasteiger partial charge in [0, 0.05) is 7.05 Å². The molecule has 0 aromatic heterocycles. The summed E-state index contributed by atoms with van der Waals surface area (Å²) >= 11 is 0. The predicted molar refractivity (Wildman–Crippen MR) is 38.4 cm³/mol. The van der Waals surface area contributed by atoms with Crippen LogP contribution in [0.25, 0.3) is 0 Å². The first kappa shape index (κ1) is 8.50. The molecule has 0 aromatic rings. The lowest BCUT2D eigenvalue weighted by molar-refractivity contribution is -0.114. The summed E-state index contributed by atoms with van der Waals surface area (Å²) in [5.74, 6) is 1.38. The highest BCUT2D eigenvalue weighted by Gasteiger charge is 2.02. The van der Waals surface area contributed by atoms with Gasteiger partial charge in [-0.3, -0.25) is 10.2 Å². The molecule has 3 N–H and O–H groups in total. The Kier molecular flexibility index (Phi) is 2.98. The van der Waals surface area contributed by atoms with Crippen molar-refractivity contribution in [1.29, 1.82) is 5.41 Å². The van der Waals surface area contributed by atoms with E-state index >= 15 is 0 Å². The van der Waals surface area contributed by atoms with Crippen molar-refractivity contribution in [3.8, 4) is 12.3 Å². The summed E-state index contributed by atoms with van der Waals surface area (Å²) < 4.78 is 0. The third-order valence-corrected chi connectivity index (χ3v) is 0.953. The molecule has 0 bridgehead atoms. The molecule has 0 saturated heterocycles. The lowest BCUT2D eigenvalue weighted by atomic mass is 10.4. The van der Waals surface area contributed by atoms with Gasteiger partial charge in [-0.15, -0.1) is 6.42 Å². The number of carbonyl (C=O) groups is 1. The van der Waals surface area contributed by atoms with Crippen molar-refractivity contribution in [1.82, 2.24) is 4.90 Å². The maximum absolute atomic E-state index is 10.5. The maximum atomic E-state index is 10.5. The molecule has 0 unspecified atom stereocenters. The Labute approximate surface area is 59.5 Å². The van der Waals surface area contributed by atoms with Crippen LogP contribution in [0.3, 0.4) is 0 Å². The number of guanidine groups is 1. The van der Waals surface area contributed by atoms with Crippen LogP contribution in [-0.2, 0) is 4.79 Å². The molecule has 4 nitrogen and oxygen atoms in total. The number of hydrogen-bond acceptors (Lipinski definition) is 2. The van der Waals surface area contributed by atoms with Gasteiger partial charge in [-0.05, 0) is 5.92 Å². The minimum atomic E-state index is -0.377. The molecule has 0 rings (SSSR count). The van der Waals surface area contributed by atoms with E-state index in [1.54, 1.807) is 0 Å². The third-order valence-electron chi connectivity index (χ3n) is 0.953. The van der Waals surface area contributed by atoms with Gasteiger partial charge in [-0.1, -0.05) is 0 Å². The Hall–Kier alpha value is -1.50. The summed E-state index contributed by atoms with van der Waals surface area (Å²) in [7, 11) is 1.53. The minimum Gasteiger partial charge on any atom is -0.370 e. The van der Waals surface area contributed by atoms with E-state index in [9.17, 15) is 4.79 Å². The first-order valence-electron chi connectivity index (χ1n) is 2.62. The van der Waals surface area contributed by atoms with Gasteiger partial charge in [0.15, 0.2) is 5.96 Å². The van der Waals surface area contributed by atoms with E-state index in [0.29, 0.717) is 0 Å². The van der Waals surface area contributed by atoms with E-state index in [0.717, 1.165) is 0 Å². The lowest BCUT2D eigenvalue weighted by Crippen LogP contribution is -2.36. The van der Waals surface area contributed by atoms with Gasteiger partial charge in [0.1, 0.15) is 0 Å². The van der Waals surface area contributed by atoms with E-state index in [4.69, 9.17) is 17.6 Å². The fourth-order valence-corrected chi connectivity index (χ4v) is 0.346. The normalized spacial score (nSPS) is 8.00. The third kappa shape index (κ3) is 2.72. The summed E-state index contributed by atoms with van der Waals surface area (Å²) in [6.45, 7) is 0.00579. The summed E-state index contributed by atoms with van der Waals surface area (Å²) in [6.07, 6.45) is 4.78. The van der Waals surface area contributed by atoms with Crippen LogP contribution >= 0.6 is 0 Å². The number of rotatable bonds is 2. The molecule has 0 radical (unpaired) electrons. The number of carbonyl (C=O) groups excluding carboxylic acids is 1. The van der Waals surface area contributed by atoms with Crippen LogP contribution in [0.2, 0.25) is 0 Å². The number of terminal acetylenes is 1. The van der Waals surface area contributed by atoms with Crippen LogP contribution < -0.4 is 5.73 Å². The second-order valence-electron chi connectivity index (χ2n) is 1.81. The van der Waals surface area contributed by atoms with Gasteiger partial charge in [0.05, 0.1) is 6.54 Å². The summed E-state index contributed by atoms with van der Waals surface area (Å²) in [5.41, 5.74) is 5.03.